The molecule has 0 radical (unpaired) electrons. The number of allylic oxidation sites excluding steroid dienone is 4. The molecule has 0 saturated heterocycles. The summed E-state index contributed by atoms with van der Waals surface area (Å²) in [6.07, 6.45) is 7.88. The van der Waals surface area contributed by atoms with E-state index in [2.05, 4.69) is 107 Å². The number of hydrogen-bond donors (Lipinski definition) is 0. The molecule has 0 fully saturated rings. The second kappa shape index (κ2) is 12.9. The minimum absolute atomic E-state index is 0.559. The van der Waals surface area contributed by atoms with E-state index in [1.165, 1.54) is 46.8 Å². The molecule has 2 atom stereocenters. The summed E-state index contributed by atoms with van der Waals surface area (Å²) in [4.78, 5) is 0. The molecule has 2 aromatic carbocycles. The Morgan fingerprint density at radius 2 is 0.953 bits per heavy atom. The van der Waals surface area contributed by atoms with E-state index >= 15 is 0 Å². The number of unbranched alkanes of at least 4 members (excludes halogenated alkanes) is 2. The van der Waals surface area contributed by atoms with Crippen molar-refractivity contribution < 1.29 is 20.3 Å². The molecule has 2 aromatic rings. The molecule has 1 heteroatoms. The van der Waals surface area contributed by atoms with Crippen LogP contribution < -0.4 is 0 Å². The number of hydrogen-bond acceptors (Lipinski definition) is 0. The second-order valence-corrected chi connectivity index (χ2v) is 27.3. The van der Waals surface area contributed by atoms with E-state index in [1.807, 2.05) is 11.1 Å². The molecule has 43 heavy (non-hydrogen) atoms. The van der Waals surface area contributed by atoms with Crippen molar-refractivity contribution in [1.82, 2.24) is 0 Å². The third-order valence-electron chi connectivity index (χ3n) is 11.8. The van der Waals surface area contributed by atoms with Crippen LogP contribution in [0.2, 0.25) is 8.26 Å². The molecule has 0 amide bonds. The molecule has 0 saturated carbocycles. The summed E-state index contributed by atoms with van der Waals surface area (Å²) in [5.74, 6) is 2.26. The molecule has 3 aliphatic rings. The minimum atomic E-state index is -3.11. The Morgan fingerprint density at radius 3 is 1.26 bits per heavy atom. The van der Waals surface area contributed by atoms with Gasteiger partial charge in [0.1, 0.15) is 0 Å². The Hall–Kier alpha value is -1.20. The van der Waals surface area contributed by atoms with E-state index in [9.17, 15) is 0 Å². The molecule has 5 rings (SSSR count). The first kappa shape index (κ1) is 33.2. The Kier molecular flexibility index (Phi) is 9.95. The maximum atomic E-state index is 2.75. The van der Waals surface area contributed by atoms with Crippen LogP contribution in [0.1, 0.15) is 197 Å². The molecule has 0 nitrogen and oxygen atoms in total. The Labute approximate surface area is 270 Å². The SMILES string of the molecule is CCC[CH2][Zr]1([CH2]CCC)[CH]2C(C)=C(CCC3=C(C)[CH]1c1cc(C(C)C)cc(C(C)C)c13)c1c(C(C)C)cc(C(C)C)cc12. The van der Waals surface area contributed by atoms with Gasteiger partial charge in [-0.15, -0.1) is 0 Å². The van der Waals surface area contributed by atoms with Gasteiger partial charge in [-0.25, -0.2) is 0 Å². The molecule has 1 aliphatic heterocycles. The predicted octanol–water partition coefficient (Wildman–Crippen LogP) is 13.9. The van der Waals surface area contributed by atoms with E-state index in [1.54, 1.807) is 55.7 Å². The standard InChI is InChI=1S/C34H44.2C4H9.Zr/c1-19(2)25-15-27-13-23(9)29(33(27)31(17-25)21(5)6)11-12-30-24(10)14-28-16-26(20(3)4)18-32(22(7)8)34(28)30;2*1-3-4-2;/h13-22H,11-12H2,1-10H3;2*1,3-4H2,2H3;. The van der Waals surface area contributed by atoms with E-state index in [0.717, 1.165) is 0 Å². The van der Waals surface area contributed by atoms with Gasteiger partial charge in [0.05, 0.1) is 0 Å². The van der Waals surface area contributed by atoms with E-state index in [-0.39, 0.29) is 0 Å². The first-order valence-corrected chi connectivity index (χ1v) is 24.5. The van der Waals surface area contributed by atoms with Crippen LogP contribution in [0.3, 0.4) is 0 Å². The second-order valence-electron chi connectivity index (χ2n) is 15.9. The number of fused-ring (bicyclic) bond motifs is 8. The van der Waals surface area contributed by atoms with Gasteiger partial charge in [-0.2, -0.15) is 0 Å². The molecular weight excluding hydrogens is 596 g/mol. The summed E-state index contributed by atoms with van der Waals surface area (Å²) < 4.78 is 4.48. The first-order chi connectivity index (χ1) is 20.4. The van der Waals surface area contributed by atoms with Gasteiger partial charge in [0, 0.05) is 0 Å². The molecule has 4 bridgehead atoms. The third kappa shape index (κ3) is 5.49. The first-order valence-electron chi connectivity index (χ1n) is 18.1. The monoisotopic (exact) mass is 656 g/mol. The Morgan fingerprint density at radius 1 is 0.581 bits per heavy atom. The van der Waals surface area contributed by atoms with Gasteiger partial charge in [0.25, 0.3) is 0 Å². The van der Waals surface area contributed by atoms with E-state index < -0.39 is 20.3 Å². The zero-order valence-corrected chi connectivity index (χ0v) is 32.4. The van der Waals surface area contributed by atoms with Crippen molar-refractivity contribution in [2.75, 3.05) is 0 Å². The van der Waals surface area contributed by atoms with Crippen LogP contribution in [0.5, 0.6) is 0 Å². The van der Waals surface area contributed by atoms with Gasteiger partial charge in [-0.05, 0) is 0 Å². The summed E-state index contributed by atoms with van der Waals surface area (Å²) in [7, 11) is 0. The topological polar surface area (TPSA) is 0 Å². The normalized spacial score (nSPS) is 20.8. The molecular formula is C42H62Zr. The van der Waals surface area contributed by atoms with Crippen molar-refractivity contribution in [3.63, 3.8) is 0 Å². The quantitative estimate of drug-likeness (QED) is 0.238. The molecule has 2 unspecified atom stereocenters. The van der Waals surface area contributed by atoms with Crippen molar-refractivity contribution in [3.8, 4) is 0 Å². The number of rotatable bonds is 10. The van der Waals surface area contributed by atoms with Crippen LogP contribution in [0, 0.1) is 0 Å². The summed E-state index contributed by atoms with van der Waals surface area (Å²) in [5.41, 5.74) is 20.6. The fourth-order valence-electron chi connectivity index (χ4n) is 9.62. The van der Waals surface area contributed by atoms with Gasteiger partial charge < -0.3 is 0 Å². The molecule has 234 valence electrons. The van der Waals surface area contributed by atoms with Gasteiger partial charge in [-0.3, -0.25) is 0 Å². The zero-order chi connectivity index (χ0) is 31.4. The third-order valence-corrected chi connectivity index (χ3v) is 27.5. The maximum absolute atomic E-state index is 3.11. The van der Waals surface area contributed by atoms with Crippen molar-refractivity contribution in [2.24, 2.45) is 0 Å². The Balaban J connectivity index is 1.91. The van der Waals surface area contributed by atoms with Crippen molar-refractivity contribution >= 4 is 11.1 Å². The van der Waals surface area contributed by atoms with Crippen LogP contribution in [0.4, 0.5) is 0 Å². The zero-order valence-electron chi connectivity index (χ0n) is 29.9. The van der Waals surface area contributed by atoms with Gasteiger partial charge >= 0.3 is 272 Å². The van der Waals surface area contributed by atoms with Crippen LogP contribution in [-0.2, 0) is 20.3 Å². The molecule has 1 heterocycles. The number of benzene rings is 2. The molecule has 0 spiro atoms. The van der Waals surface area contributed by atoms with Gasteiger partial charge in [-0.1, -0.05) is 0 Å². The Bertz CT molecular complexity index is 1320. The van der Waals surface area contributed by atoms with E-state index in [4.69, 9.17) is 0 Å². The molecule has 0 aromatic heterocycles. The fourth-order valence-corrected chi connectivity index (χ4v) is 28.1. The molecule has 2 aliphatic carbocycles. The fraction of sp³-hybridized carbons (Fsp3) is 0.619. The average molecular weight is 658 g/mol. The van der Waals surface area contributed by atoms with Crippen molar-refractivity contribution in [2.45, 2.75) is 161 Å². The van der Waals surface area contributed by atoms with Crippen LogP contribution >= 0.6 is 0 Å². The van der Waals surface area contributed by atoms with Crippen LogP contribution in [0.15, 0.2) is 35.4 Å². The predicted molar refractivity (Wildman–Crippen MR) is 189 cm³/mol. The van der Waals surface area contributed by atoms with Crippen molar-refractivity contribution in [1.29, 1.82) is 0 Å². The van der Waals surface area contributed by atoms with Gasteiger partial charge in [0.2, 0.25) is 0 Å². The summed E-state index contributed by atoms with van der Waals surface area (Å²) in [5, 5.41) is 0. The average Bonchev–Trinajstić information content (AvgIpc) is 3.41. The van der Waals surface area contributed by atoms with Gasteiger partial charge in [0.15, 0.2) is 0 Å². The summed E-state index contributed by atoms with van der Waals surface area (Å²) in [6.45, 7) is 29.6. The van der Waals surface area contributed by atoms with E-state index in [0.29, 0.717) is 30.9 Å². The van der Waals surface area contributed by atoms with Crippen LogP contribution in [0.25, 0.3) is 11.1 Å². The summed E-state index contributed by atoms with van der Waals surface area (Å²) >= 11 is -3.11. The van der Waals surface area contributed by atoms with Crippen LogP contribution in [-0.4, -0.2) is 0 Å². The summed E-state index contributed by atoms with van der Waals surface area (Å²) in [6, 6.07) is 10.7. The molecule has 0 N–H and O–H groups in total. The van der Waals surface area contributed by atoms with Crippen molar-refractivity contribution in [3.05, 3.63) is 79.9 Å².